The van der Waals surface area contributed by atoms with Gasteiger partial charge in [0, 0.05) is 32.1 Å². The van der Waals surface area contributed by atoms with Crippen molar-refractivity contribution in [1.82, 2.24) is 14.7 Å². The molecule has 0 bridgehead atoms. The Labute approximate surface area is 260 Å². The second-order valence-corrected chi connectivity index (χ2v) is 16.6. The average Bonchev–Trinajstić information content (AvgIpc) is 3.28. The quantitative estimate of drug-likeness (QED) is 0.313. The lowest BCUT2D eigenvalue weighted by atomic mass is 10.0. The van der Waals surface area contributed by atoms with Gasteiger partial charge in [0.05, 0.1) is 81.9 Å². The van der Waals surface area contributed by atoms with Gasteiger partial charge in [0.1, 0.15) is 0 Å². The Hall–Kier alpha value is -1.59. The van der Waals surface area contributed by atoms with Crippen LogP contribution in [-0.2, 0) is 0 Å². The molecular weight excluding hydrogens is 516 g/mol. The fourth-order valence-corrected chi connectivity index (χ4v) is 8.09. The van der Waals surface area contributed by atoms with E-state index in [1.165, 1.54) is 136 Å². The van der Waals surface area contributed by atoms with Crippen LogP contribution in [0.15, 0.2) is 0 Å². The first kappa shape index (κ1) is 33.3. The molecule has 0 saturated carbocycles. The van der Waals surface area contributed by atoms with Crippen molar-refractivity contribution in [3.05, 3.63) is 0 Å². The number of nitrogens with zero attached hydrogens (tertiary/aromatic N) is 6. The van der Waals surface area contributed by atoms with E-state index in [2.05, 4.69) is 90.7 Å². The predicted octanol–water partition coefficient (Wildman–Crippen LogP) is 6.26. The second-order valence-electron chi connectivity index (χ2n) is 16.6. The topological polar surface area (TPSA) is 18.8 Å². The number of hydrogen-bond acceptors (Lipinski definition) is 3. The van der Waals surface area contributed by atoms with Gasteiger partial charge < -0.3 is 0 Å². The van der Waals surface area contributed by atoms with Gasteiger partial charge in [-0.05, 0) is 101 Å². The Morgan fingerprint density at radius 2 is 0.643 bits per heavy atom. The molecule has 0 aromatic heterocycles. The van der Waals surface area contributed by atoms with Gasteiger partial charge in [0.25, 0.3) is 0 Å². The molecule has 6 heterocycles. The highest BCUT2D eigenvalue weighted by Crippen LogP contribution is 2.24. The van der Waals surface area contributed by atoms with E-state index < -0.39 is 0 Å². The lowest BCUT2D eigenvalue weighted by molar-refractivity contribution is -0.545. The van der Waals surface area contributed by atoms with E-state index in [0.29, 0.717) is 16.6 Å². The summed E-state index contributed by atoms with van der Waals surface area (Å²) in [6.45, 7) is 32.5. The fourth-order valence-electron chi connectivity index (χ4n) is 8.09. The van der Waals surface area contributed by atoms with Gasteiger partial charge >= 0.3 is 0 Å². The van der Waals surface area contributed by atoms with Crippen LogP contribution in [-0.4, -0.2) is 121 Å². The van der Waals surface area contributed by atoms with Gasteiger partial charge in [-0.3, -0.25) is 28.4 Å². The number of amidine groups is 3. The zero-order chi connectivity index (χ0) is 30.5. The van der Waals surface area contributed by atoms with Crippen molar-refractivity contribution < 1.29 is 13.7 Å². The van der Waals surface area contributed by atoms with E-state index >= 15 is 0 Å². The van der Waals surface area contributed by atoms with Crippen LogP contribution in [0, 0.1) is 0 Å². The van der Waals surface area contributed by atoms with Gasteiger partial charge in [-0.2, -0.15) is 0 Å². The van der Waals surface area contributed by atoms with E-state index in [4.69, 9.17) is 0 Å². The molecule has 0 fully saturated rings. The minimum Gasteiger partial charge on any atom is -0.266 e. The Morgan fingerprint density at radius 1 is 0.357 bits per heavy atom. The molecule has 6 aliphatic rings. The lowest BCUT2D eigenvalue weighted by Gasteiger charge is -2.37. The Balaban J connectivity index is 0.000000145. The van der Waals surface area contributed by atoms with E-state index in [9.17, 15) is 0 Å². The molecule has 0 unspecified atom stereocenters. The van der Waals surface area contributed by atoms with E-state index in [0.717, 1.165) is 0 Å². The Bertz CT molecular complexity index is 995. The van der Waals surface area contributed by atoms with Crippen molar-refractivity contribution in [2.24, 2.45) is 0 Å². The second kappa shape index (κ2) is 14.0. The third kappa shape index (κ3) is 8.52. The Morgan fingerprint density at radius 3 is 1.02 bits per heavy atom. The Kier molecular flexibility index (Phi) is 11.1. The lowest BCUT2D eigenvalue weighted by Crippen LogP contribution is -2.54. The van der Waals surface area contributed by atoms with E-state index in [-0.39, 0.29) is 0 Å². The summed E-state index contributed by atoms with van der Waals surface area (Å²) in [6, 6.07) is 0. The van der Waals surface area contributed by atoms with Crippen molar-refractivity contribution in [3.8, 4) is 0 Å². The zero-order valence-corrected chi connectivity index (χ0v) is 29.5. The smallest absolute Gasteiger partial charge is 0.247 e. The molecule has 6 nitrogen and oxygen atoms in total. The molecule has 0 atom stereocenters. The molecule has 0 aromatic rings. The first-order valence-corrected chi connectivity index (χ1v) is 17.9. The van der Waals surface area contributed by atoms with Gasteiger partial charge in [0.2, 0.25) is 17.5 Å². The summed E-state index contributed by atoms with van der Waals surface area (Å²) in [5.41, 5.74) is 0.933. The van der Waals surface area contributed by atoms with Crippen LogP contribution in [0.5, 0.6) is 0 Å². The molecule has 42 heavy (non-hydrogen) atoms. The van der Waals surface area contributed by atoms with Gasteiger partial charge in [0.15, 0.2) is 0 Å². The predicted molar refractivity (Wildman–Crippen MR) is 180 cm³/mol. The summed E-state index contributed by atoms with van der Waals surface area (Å²) in [7, 11) is 0. The third-order valence-electron chi connectivity index (χ3n) is 10.1. The van der Waals surface area contributed by atoms with Crippen LogP contribution in [0.3, 0.4) is 0 Å². The van der Waals surface area contributed by atoms with Crippen molar-refractivity contribution in [2.75, 3.05) is 58.9 Å². The molecule has 6 rings (SSSR count). The molecule has 0 aromatic carbocycles. The summed E-state index contributed by atoms with van der Waals surface area (Å²) >= 11 is 0. The zero-order valence-electron chi connectivity index (χ0n) is 29.5. The molecule has 6 heteroatoms. The minimum absolute atomic E-state index is 0.304. The maximum atomic E-state index is 2.64. The highest BCUT2D eigenvalue weighted by atomic mass is 15.3. The maximum absolute atomic E-state index is 2.64. The summed E-state index contributed by atoms with van der Waals surface area (Å²) < 4.78 is 7.83. The first-order valence-electron chi connectivity index (χ1n) is 17.9. The van der Waals surface area contributed by atoms with Gasteiger partial charge in [-0.15, -0.1) is 0 Å². The normalized spacial score (nSPS) is 23.8. The highest BCUT2D eigenvalue weighted by Gasteiger charge is 2.39. The highest BCUT2D eigenvalue weighted by molar-refractivity contribution is 5.80. The van der Waals surface area contributed by atoms with Crippen LogP contribution in [0.2, 0.25) is 0 Å². The van der Waals surface area contributed by atoms with Crippen LogP contribution >= 0.6 is 0 Å². The van der Waals surface area contributed by atoms with Crippen molar-refractivity contribution >= 4 is 17.5 Å². The molecule has 6 aliphatic heterocycles. The molecule has 0 saturated heterocycles. The molecule has 0 N–H and O–H groups in total. The van der Waals surface area contributed by atoms with Crippen molar-refractivity contribution in [3.63, 3.8) is 0 Å². The van der Waals surface area contributed by atoms with Crippen LogP contribution in [0.25, 0.3) is 0 Å². The van der Waals surface area contributed by atoms with Crippen molar-refractivity contribution in [2.45, 2.75) is 156 Å². The van der Waals surface area contributed by atoms with Crippen molar-refractivity contribution in [1.29, 1.82) is 0 Å². The molecule has 0 spiro atoms. The van der Waals surface area contributed by atoms with E-state index in [1.807, 2.05) is 0 Å². The van der Waals surface area contributed by atoms with Crippen LogP contribution < -0.4 is 0 Å². The monoisotopic (exact) mass is 586 g/mol. The maximum Gasteiger partial charge on any atom is 0.247 e. The minimum atomic E-state index is 0.304. The van der Waals surface area contributed by atoms with Crippen LogP contribution in [0.1, 0.15) is 139 Å². The van der Waals surface area contributed by atoms with Gasteiger partial charge in [-0.25, -0.2) is 0 Å². The SMILES string of the molecule is CC(C)(C)N1CCC[N+]2=C1CCC2.CC(C)(C)N1CCC[N+]2=C1CCCC2.CC(C)(C)N1CCC[N+]2=C1CCCCC2. The molecular formula is C36H69N6+3. The molecule has 0 radical (unpaired) electrons. The summed E-state index contributed by atoms with van der Waals surface area (Å²) in [5.74, 6) is 4.86. The van der Waals surface area contributed by atoms with Crippen LogP contribution in [0.4, 0.5) is 0 Å². The fraction of sp³-hybridized carbons (Fsp3) is 0.917. The molecule has 0 amide bonds. The third-order valence-corrected chi connectivity index (χ3v) is 10.1. The first-order chi connectivity index (χ1) is 19.8. The van der Waals surface area contributed by atoms with E-state index in [1.54, 1.807) is 17.5 Å². The summed E-state index contributed by atoms with van der Waals surface area (Å²) in [6.07, 6.45) is 16.2. The number of rotatable bonds is 0. The standard InChI is InChI=1S/C13H25N2.C12H23N2.C11H21N2/c1-13(2,3)15-11-7-10-14-9-6-4-5-8-12(14)15;1-12(2,3)14-10-6-9-13-8-5-4-7-11(13)14;1-11(2,3)13-9-5-8-12-7-4-6-10(12)13/h4-11H2,1-3H3;4-10H2,1-3H3;4-9H2,1-3H3/q3*+1. The molecule has 0 aliphatic carbocycles. The average molecular weight is 586 g/mol. The number of hydrogen-bond donors (Lipinski definition) is 0. The summed E-state index contributed by atoms with van der Waals surface area (Å²) in [5, 5.41) is 0. The summed E-state index contributed by atoms with van der Waals surface area (Å²) in [4.78, 5) is 7.86. The largest absolute Gasteiger partial charge is 0.266 e. The molecule has 240 valence electrons. The van der Waals surface area contributed by atoms with Gasteiger partial charge in [-0.1, -0.05) is 0 Å².